The maximum Gasteiger partial charge on any atom is 0.187 e. The molecular formula is C10H12Cl3NO2. The van der Waals surface area contributed by atoms with Gasteiger partial charge in [0.15, 0.2) is 5.75 Å². The molecule has 16 heavy (non-hydrogen) atoms. The third-order valence-corrected chi connectivity index (χ3v) is 2.47. The summed E-state index contributed by atoms with van der Waals surface area (Å²) >= 11 is 17.7. The lowest BCUT2D eigenvalue weighted by molar-refractivity contribution is -0.312. The van der Waals surface area contributed by atoms with Crippen LogP contribution in [0.1, 0.15) is 13.8 Å². The van der Waals surface area contributed by atoms with Crippen LogP contribution in [-0.2, 0) is 4.84 Å². The molecule has 1 aromatic carbocycles. The van der Waals surface area contributed by atoms with Crippen LogP contribution in [0.4, 0.5) is 0 Å². The van der Waals surface area contributed by atoms with Crippen LogP contribution in [0.15, 0.2) is 12.1 Å². The third-order valence-electron chi connectivity index (χ3n) is 1.69. The smallest absolute Gasteiger partial charge is 0.187 e. The fourth-order valence-electron chi connectivity index (χ4n) is 1.04. The highest BCUT2D eigenvalue weighted by atomic mass is 35.5. The van der Waals surface area contributed by atoms with Crippen molar-refractivity contribution < 1.29 is 9.68 Å². The second-order valence-corrected chi connectivity index (χ2v) is 4.11. The van der Waals surface area contributed by atoms with Crippen molar-refractivity contribution in [3.63, 3.8) is 0 Å². The molecule has 3 nitrogen and oxygen atoms in total. The molecule has 0 aliphatic rings. The quantitative estimate of drug-likeness (QED) is 0.756. The summed E-state index contributed by atoms with van der Waals surface area (Å²) < 4.78 is 0. The second-order valence-electron chi connectivity index (χ2n) is 2.86. The van der Waals surface area contributed by atoms with Crippen molar-refractivity contribution in [1.29, 1.82) is 0 Å². The molecule has 0 aliphatic heterocycles. The summed E-state index contributed by atoms with van der Waals surface area (Å²) in [6.07, 6.45) is 0. The van der Waals surface area contributed by atoms with Crippen molar-refractivity contribution >= 4 is 34.8 Å². The van der Waals surface area contributed by atoms with Crippen molar-refractivity contribution in [2.45, 2.75) is 13.8 Å². The molecule has 0 amide bonds. The van der Waals surface area contributed by atoms with Crippen LogP contribution in [0.3, 0.4) is 0 Å². The Kier molecular flexibility index (Phi) is 5.66. The van der Waals surface area contributed by atoms with Crippen molar-refractivity contribution in [3.05, 3.63) is 27.2 Å². The largest absolute Gasteiger partial charge is 0.377 e. The second kappa shape index (κ2) is 6.52. The summed E-state index contributed by atoms with van der Waals surface area (Å²) in [6, 6.07) is 3.12. The van der Waals surface area contributed by atoms with Gasteiger partial charge in [-0.05, 0) is 31.2 Å². The highest BCUT2D eigenvalue weighted by molar-refractivity contribution is 6.40. The van der Waals surface area contributed by atoms with Gasteiger partial charge in [0.1, 0.15) is 0 Å². The van der Waals surface area contributed by atoms with Gasteiger partial charge in [-0.2, -0.15) is 0 Å². The predicted octanol–water partition coefficient (Wildman–Crippen LogP) is 4.21. The highest BCUT2D eigenvalue weighted by Gasteiger charge is 2.13. The van der Waals surface area contributed by atoms with E-state index in [1.807, 2.05) is 13.8 Å². The normalized spacial score (nSPS) is 10.9. The molecule has 1 rings (SSSR count). The molecular weight excluding hydrogens is 272 g/mol. The first-order valence-electron chi connectivity index (χ1n) is 4.81. The Hall–Kier alpha value is -0.190. The molecule has 0 atom stereocenters. The maximum absolute atomic E-state index is 5.96. The molecule has 0 aromatic heterocycles. The molecule has 0 aliphatic carbocycles. The molecule has 0 saturated heterocycles. The van der Waals surface area contributed by atoms with Crippen LogP contribution in [-0.4, -0.2) is 18.4 Å². The molecule has 90 valence electrons. The standard InChI is InChI=1S/C10H12Cl3NO2/c1-3-14(15-4-2)16-10-8(12)5-7(11)6-9(10)13/h5-6H,3-4H2,1-2H3. The van der Waals surface area contributed by atoms with E-state index < -0.39 is 0 Å². The Labute approximate surface area is 110 Å². The van der Waals surface area contributed by atoms with Crippen LogP contribution >= 0.6 is 34.8 Å². The highest BCUT2D eigenvalue weighted by Crippen LogP contribution is 2.36. The summed E-state index contributed by atoms with van der Waals surface area (Å²) in [6.45, 7) is 4.78. The zero-order valence-electron chi connectivity index (χ0n) is 8.97. The molecule has 0 heterocycles. The van der Waals surface area contributed by atoms with Crippen LogP contribution in [0, 0.1) is 0 Å². The number of benzene rings is 1. The molecule has 1 aromatic rings. The average molecular weight is 285 g/mol. The lowest BCUT2D eigenvalue weighted by Crippen LogP contribution is -2.27. The number of hydrogen-bond donors (Lipinski definition) is 0. The first-order chi connectivity index (χ1) is 7.58. The van der Waals surface area contributed by atoms with E-state index in [4.69, 9.17) is 44.5 Å². The minimum absolute atomic E-state index is 0.336. The van der Waals surface area contributed by atoms with Crippen molar-refractivity contribution in [2.24, 2.45) is 0 Å². The first kappa shape index (κ1) is 13.9. The van der Waals surface area contributed by atoms with E-state index in [-0.39, 0.29) is 0 Å². The van der Waals surface area contributed by atoms with E-state index in [2.05, 4.69) is 0 Å². The summed E-state index contributed by atoms with van der Waals surface area (Å²) in [7, 11) is 0. The Bertz CT molecular complexity index is 337. The minimum Gasteiger partial charge on any atom is -0.377 e. The predicted molar refractivity (Wildman–Crippen MR) is 66.1 cm³/mol. The van der Waals surface area contributed by atoms with Gasteiger partial charge in [0.05, 0.1) is 23.2 Å². The van der Waals surface area contributed by atoms with Gasteiger partial charge >= 0.3 is 0 Å². The number of nitrogens with zero attached hydrogens (tertiary/aromatic N) is 1. The van der Waals surface area contributed by atoms with E-state index in [1.54, 1.807) is 12.1 Å². The van der Waals surface area contributed by atoms with Gasteiger partial charge in [-0.3, -0.25) is 4.84 Å². The van der Waals surface area contributed by atoms with Gasteiger partial charge in [0.2, 0.25) is 0 Å². The van der Waals surface area contributed by atoms with Crippen molar-refractivity contribution in [1.82, 2.24) is 5.23 Å². The Morgan fingerprint density at radius 1 is 1.12 bits per heavy atom. The average Bonchev–Trinajstić information content (AvgIpc) is 2.21. The molecule has 0 N–H and O–H groups in total. The summed E-state index contributed by atoms with van der Waals surface area (Å²) in [5.41, 5.74) is 0. The van der Waals surface area contributed by atoms with Crippen LogP contribution in [0.5, 0.6) is 5.75 Å². The number of hydroxylamine groups is 2. The number of hydrogen-bond acceptors (Lipinski definition) is 3. The maximum atomic E-state index is 5.96. The Balaban J connectivity index is 2.87. The van der Waals surface area contributed by atoms with E-state index in [0.717, 1.165) is 0 Å². The summed E-state index contributed by atoms with van der Waals surface area (Å²) in [5.74, 6) is 0.336. The monoisotopic (exact) mass is 283 g/mol. The third kappa shape index (κ3) is 3.68. The van der Waals surface area contributed by atoms with Gasteiger partial charge in [0.25, 0.3) is 0 Å². The topological polar surface area (TPSA) is 21.7 Å². The van der Waals surface area contributed by atoms with E-state index in [9.17, 15) is 0 Å². The molecule has 0 fully saturated rings. The van der Waals surface area contributed by atoms with E-state index in [0.29, 0.717) is 34.0 Å². The first-order valence-corrected chi connectivity index (χ1v) is 5.94. The van der Waals surface area contributed by atoms with Crippen molar-refractivity contribution in [2.75, 3.05) is 13.2 Å². The molecule has 6 heteroatoms. The lowest BCUT2D eigenvalue weighted by Gasteiger charge is -2.20. The van der Waals surface area contributed by atoms with Crippen LogP contribution < -0.4 is 4.84 Å². The summed E-state index contributed by atoms with van der Waals surface area (Å²) in [5, 5.41) is 2.45. The van der Waals surface area contributed by atoms with E-state index in [1.165, 1.54) is 5.23 Å². The van der Waals surface area contributed by atoms with Crippen LogP contribution in [0.25, 0.3) is 0 Å². The van der Waals surface area contributed by atoms with Gasteiger partial charge in [-0.1, -0.05) is 34.8 Å². The number of halogens is 3. The molecule has 0 unspecified atom stereocenters. The molecule has 0 bridgehead atoms. The Morgan fingerprint density at radius 2 is 1.69 bits per heavy atom. The fraction of sp³-hybridized carbons (Fsp3) is 0.400. The SMILES string of the molecule is CCON(CC)Oc1c(Cl)cc(Cl)cc1Cl. The molecule has 0 radical (unpaired) electrons. The van der Waals surface area contributed by atoms with Gasteiger partial charge in [-0.25, -0.2) is 0 Å². The van der Waals surface area contributed by atoms with Crippen molar-refractivity contribution in [3.8, 4) is 5.75 Å². The van der Waals surface area contributed by atoms with Gasteiger partial charge < -0.3 is 4.84 Å². The minimum atomic E-state index is 0.336. The molecule has 0 saturated carbocycles. The van der Waals surface area contributed by atoms with Crippen LogP contribution in [0.2, 0.25) is 15.1 Å². The zero-order chi connectivity index (χ0) is 12.1. The zero-order valence-corrected chi connectivity index (χ0v) is 11.2. The lowest BCUT2D eigenvalue weighted by atomic mass is 10.3. The van der Waals surface area contributed by atoms with E-state index >= 15 is 0 Å². The Morgan fingerprint density at radius 3 is 2.12 bits per heavy atom. The number of rotatable bonds is 5. The van der Waals surface area contributed by atoms with Gasteiger partial charge in [0, 0.05) is 5.02 Å². The summed E-state index contributed by atoms with van der Waals surface area (Å²) in [4.78, 5) is 10.6. The molecule has 0 spiro atoms. The fourth-order valence-corrected chi connectivity index (χ4v) is 1.93. The van der Waals surface area contributed by atoms with Gasteiger partial charge in [-0.15, -0.1) is 0 Å².